The van der Waals surface area contributed by atoms with Crippen LogP contribution in [-0.4, -0.2) is 56.1 Å². The van der Waals surface area contributed by atoms with Crippen molar-refractivity contribution in [2.24, 2.45) is 5.92 Å². The first kappa shape index (κ1) is 22.0. The van der Waals surface area contributed by atoms with Gasteiger partial charge in [0, 0.05) is 24.6 Å². The number of Topliss-reactive ketones (excluding diaryl/α,β-unsaturated/α-hetero) is 1. The highest BCUT2D eigenvalue weighted by atomic mass is 32.2. The predicted molar refractivity (Wildman–Crippen MR) is 102 cm³/mol. The maximum absolute atomic E-state index is 12.8. The number of amides is 1. The largest absolute Gasteiger partial charge is 0.467 e. The molecule has 0 saturated carbocycles. The van der Waals surface area contributed by atoms with Gasteiger partial charge < -0.3 is 10.1 Å². The molecule has 0 spiro atoms. The lowest BCUT2D eigenvalue weighted by Gasteiger charge is -2.32. The molecule has 1 aliphatic rings. The maximum atomic E-state index is 12.8. The fourth-order valence-electron chi connectivity index (χ4n) is 3.10. The van der Waals surface area contributed by atoms with Crippen LogP contribution in [-0.2, 0) is 24.3 Å². The first-order chi connectivity index (χ1) is 13.0. The maximum Gasteiger partial charge on any atom is 0.330 e. The summed E-state index contributed by atoms with van der Waals surface area (Å²) in [7, 11) is -2.49. The number of ketones is 1. The van der Waals surface area contributed by atoms with E-state index < -0.39 is 21.5 Å². The molecule has 0 aliphatic carbocycles. The predicted octanol–water partition coefficient (Wildman–Crippen LogP) is 1.36. The summed E-state index contributed by atoms with van der Waals surface area (Å²) in [6, 6.07) is 5.94. The van der Waals surface area contributed by atoms with Crippen LogP contribution in [0.5, 0.6) is 0 Å². The number of nitrogens with zero attached hydrogens (tertiary/aromatic N) is 1. The highest BCUT2D eigenvalue weighted by Gasteiger charge is 2.36. The van der Waals surface area contributed by atoms with Crippen LogP contribution in [0.3, 0.4) is 0 Å². The highest BCUT2D eigenvalue weighted by Crippen LogP contribution is 2.25. The normalized spacial score (nSPS) is 16.4. The van der Waals surface area contributed by atoms with Crippen LogP contribution < -0.4 is 5.32 Å². The molecular formula is C19H26N2O6S. The Morgan fingerprint density at radius 1 is 1.18 bits per heavy atom. The minimum absolute atomic E-state index is 0.0647. The summed E-state index contributed by atoms with van der Waals surface area (Å²) < 4.78 is 31.7. The molecule has 1 aromatic rings. The lowest BCUT2D eigenvalue weighted by atomic mass is 9.95. The molecule has 0 atom stereocenters. The zero-order valence-electron chi connectivity index (χ0n) is 16.5. The number of rotatable bonds is 6. The molecule has 154 valence electrons. The number of hydrogen-bond acceptors (Lipinski definition) is 6. The number of methoxy groups -OCH3 is 1. The number of piperidine rings is 1. The summed E-state index contributed by atoms with van der Waals surface area (Å²) in [5.41, 5.74) is -0.817. The Morgan fingerprint density at radius 2 is 1.79 bits per heavy atom. The van der Waals surface area contributed by atoms with Crippen molar-refractivity contribution in [1.29, 1.82) is 0 Å². The second-order valence-electron chi connectivity index (χ2n) is 7.37. The summed E-state index contributed by atoms with van der Waals surface area (Å²) in [5.74, 6) is -1.45. The van der Waals surface area contributed by atoms with Gasteiger partial charge in [-0.2, -0.15) is 4.31 Å². The van der Waals surface area contributed by atoms with Crippen LogP contribution in [0.4, 0.5) is 0 Å². The molecule has 0 radical (unpaired) electrons. The standard InChI is InChI=1S/C19H26N2O6S/c1-13(22)15-6-5-7-16(12-15)28(25,26)21-10-8-14(9-11-21)17(23)20-19(2,3)18(24)27-4/h5-7,12,14H,8-11H2,1-4H3,(H,20,23). The smallest absolute Gasteiger partial charge is 0.330 e. The fraction of sp³-hybridized carbons (Fsp3) is 0.526. The average Bonchev–Trinajstić information content (AvgIpc) is 2.67. The molecule has 8 nitrogen and oxygen atoms in total. The summed E-state index contributed by atoms with van der Waals surface area (Å²) >= 11 is 0. The molecule has 1 aromatic carbocycles. The average molecular weight is 410 g/mol. The number of esters is 1. The molecule has 0 unspecified atom stereocenters. The lowest BCUT2D eigenvalue weighted by Crippen LogP contribution is -2.53. The van der Waals surface area contributed by atoms with Crippen LogP contribution >= 0.6 is 0 Å². The second-order valence-corrected chi connectivity index (χ2v) is 9.31. The molecule has 9 heteroatoms. The Balaban J connectivity index is 2.05. The van der Waals surface area contributed by atoms with E-state index in [1.165, 1.54) is 30.5 Å². The van der Waals surface area contributed by atoms with E-state index in [1.54, 1.807) is 26.0 Å². The summed E-state index contributed by atoms with van der Waals surface area (Å²) in [5, 5.41) is 2.66. The van der Waals surface area contributed by atoms with Gasteiger partial charge in [0.15, 0.2) is 5.78 Å². The number of benzene rings is 1. The van der Waals surface area contributed by atoms with Crippen LogP contribution in [0.25, 0.3) is 0 Å². The zero-order chi connectivity index (χ0) is 21.1. The Kier molecular flexibility index (Phi) is 6.61. The minimum Gasteiger partial charge on any atom is -0.467 e. The summed E-state index contributed by atoms with van der Waals surface area (Å²) in [6.07, 6.45) is 0.684. The van der Waals surface area contributed by atoms with Crippen LogP contribution in [0, 0.1) is 5.92 Å². The molecule has 1 aliphatic heterocycles. The van der Waals surface area contributed by atoms with Crippen molar-refractivity contribution in [3.63, 3.8) is 0 Å². The van der Waals surface area contributed by atoms with Crippen molar-refractivity contribution >= 4 is 27.7 Å². The molecule has 1 heterocycles. The van der Waals surface area contributed by atoms with E-state index in [-0.39, 0.29) is 35.6 Å². The topological polar surface area (TPSA) is 110 Å². The van der Waals surface area contributed by atoms with Crippen molar-refractivity contribution in [3.05, 3.63) is 29.8 Å². The van der Waals surface area contributed by atoms with Gasteiger partial charge in [0.2, 0.25) is 15.9 Å². The second kappa shape index (κ2) is 8.40. The van der Waals surface area contributed by atoms with Gasteiger partial charge in [0.25, 0.3) is 0 Å². The Bertz CT molecular complexity index is 870. The number of ether oxygens (including phenoxy) is 1. The number of hydrogen-bond donors (Lipinski definition) is 1. The SMILES string of the molecule is COC(=O)C(C)(C)NC(=O)C1CCN(S(=O)(=O)c2cccc(C(C)=O)c2)CC1. The van der Waals surface area contributed by atoms with E-state index in [1.807, 2.05) is 0 Å². The molecule has 28 heavy (non-hydrogen) atoms. The molecule has 0 bridgehead atoms. The quantitative estimate of drug-likeness (QED) is 0.560. The van der Waals surface area contributed by atoms with Gasteiger partial charge in [-0.15, -0.1) is 0 Å². The first-order valence-electron chi connectivity index (χ1n) is 9.00. The Morgan fingerprint density at radius 3 is 2.32 bits per heavy atom. The first-order valence-corrected chi connectivity index (χ1v) is 10.4. The third kappa shape index (κ3) is 4.77. The molecule has 1 saturated heterocycles. The highest BCUT2D eigenvalue weighted by molar-refractivity contribution is 7.89. The van der Waals surface area contributed by atoms with Crippen molar-refractivity contribution in [2.45, 2.75) is 44.0 Å². The van der Waals surface area contributed by atoms with Gasteiger partial charge in [0.1, 0.15) is 5.54 Å². The number of sulfonamides is 1. The Labute approximate surface area is 165 Å². The molecule has 1 fully saturated rings. The monoisotopic (exact) mass is 410 g/mol. The van der Waals surface area contributed by atoms with E-state index >= 15 is 0 Å². The molecule has 0 aromatic heterocycles. The third-order valence-corrected chi connectivity index (χ3v) is 6.73. The number of nitrogens with one attached hydrogen (secondary N) is 1. The van der Waals surface area contributed by atoms with E-state index in [2.05, 4.69) is 10.1 Å². The molecule has 2 rings (SSSR count). The van der Waals surface area contributed by atoms with Crippen molar-refractivity contribution in [1.82, 2.24) is 9.62 Å². The summed E-state index contributed by atoms with van der Waals surface area (Å²) in [4.78, 5) is 35.8. The fourth-order valence-corrected chi connectivity index (χ4v) is 4.62. The third-order valence-electron chi connectivity index (χ3n) is 4.83. The van der Waals surface area contributed by atoms with E-state index in [4.69, 9.17) is 0 Å². The molecule has 1 amide bonds. The van der Waals surface area contributed by atoms with Gasteiger partial charge in [0.05, 0.1) is 12.0 Å². The van der Waals surface area contributed by atoms with Gasteiger partial charge in [-0.1, -0.05) is 12.1 Å². The van der Waals surface area contributed by atoms with Crippen LogP contribution in [0.1, 0.15) is 44.0 Å². The number of carbonyl (C=O) groups excluding carboxylic acids is 3. The molecular weight excluding hydrogens is 384 g/mol. The zero-order valence-corrected chi connectivity index (χ0v) is 17.3. The van der Waals surface area contributed by atoms with Crippen LogP contribution in [0.15, 0.2) is 29.2 Å². The van der Waals surface area contributed by atoms with Gasteiger partial charge in [-0.05, 0) is 45.7 Å². The van der Waals surface area contributed by atoms with Gasteiger partial charge in [-0.25, -0.2) is 13.2 Å². The van der Waals surface area contributed by atoms with E-state index in [0.717, 1.165) is 0 Å². The van der Waals surface area contributed by atoms with Crippen molar-refractivity contribution in [3.8, 4) is 0 Å². The number of carbonyl (C=O) groups is 3. The Hall–Kier alpha value is -2.26. The van der Waals surface area contributed by atoms with Crippen molar-refractivity contribution < 1.29 is 27.5 Å². The van der Waals surface area contributed by atoms with Crippen LogP contribution in [0.2, 0.25) is 0 Å². The minimum atomic E-state index is -3.74. The lowest BCUT2D eigenvalue weighted by molar-refractivity contribution is -0.150. The summed E-state index contributed by atoms with van der Waals surface area (Å²) in [6.45, 7) is 4.86. The van der Waals surface area contributed by atoms with Crippen molar-refractivity contribution in [2.75, 3.05) is 20.2 Å². The van der Waals surface area contributed by atoms with E-state index in [9.17, 15) is 22.8 Å². The van der Waals surface area contributed by atoms with Gasteiger partial charge >= 0.3 is 5.97 Å². The molecule has 1 N–H and O–H groups in total. The van der Waals surface area contributed by atoms with E-state index in [0.29, 0.717) is 18.4 Å². The van der Waals surface area contributed by atoms with Gasteiger partial charge in [-0.3, -0.25) is 9.59 Å².